The number of fused-ring (bicyclic) bond motifs is 2. The Labute approximate surface area is 196 Å². The van der Waals surface area contributed by atoms with Gasteiger partial charge in [0.15, 0.2) is 5.16 Å². The van der Waals surface area contributed by atoms with Crippen molar-refractivity contribution in [1.29, 1.82) is 0 Å². The lowest BCUT2D eigenvalue weighted by Crippen LogP contribution is -2.57. The van der Waals surface area contributed by atoms with E-state index in [0.29, 0.717) is 18.2 Å². The molecule has 1 aromatic rings. The van der Waals surface area contributed by atoms with Gasteiger partial charge in [-0.1, -0.05) is 11.8 Å². The molecule has 0 unspecified atom stereocenters. The average Bonchev–Trinajstić information content (AvgIpc) is 3.00. The Kier molecular flexibility index (Phi) is 7.45. The SMILES string of the molecule is CCOC(=O)/C=C/c1nc(SC)nc(N2C[C@H]3CC[C@@H](C2)N3C(=O)OC(C)(C)C)c1[N+](=O)[O-]. The molecule has 0 aliphatic carbocycles. The molecule has 1 amide bonds. The normalized spacial score (nSPS) is 20.3. The first-order valence-corrected chi connectivity index (χ1v) is 12.0. The predicted octanol–water partition coefficient (Wildman–Crippen LogP) is 3.27. The van der Waals surface area contributed by atoms with E-state index >= 15 is 0 Å². The number of piperazine rings is 1. The van der Waals surface area contributed by atoms with Gasteiger partial charge in [-0.3, -0.25) is 15.0 Å². The maximum atomic E-state index is 12.7. The molecule has 33 heavy (non-hydrogen) atoms. The summed E-state index contributed by atoms with van der Waals surface area (Å²) in [7, 11) is 0. The Morgan fingerprint density at radius 1 is 1.24 bits per heavy atom. The Morgan fingerprint density at radius 2 is 1.88 bits per heavy atom. The van der Waals surface area contributed by atoms with Crippen molar-refractivity contribution in [3.63, 3.8) is 0 Å². The van der Waals surface area contributed by atoms with Crippen LogP contribution >= 0.6 is 11.8 Å². The highest BCUT2D eigenvalue weighted by atomic mass is 32.2. The van der Waals surface area contributed by atoms with Crippen LogP contribution in [-0.4, -0.2) is 75.5 Å². The lowest BCUT2D eigenvalue weighted by Gasteiger charge is -2.41. The molecule has 0 N–H and O–H groups in total. The monoisotopic (exact) mass is 479 g/mol. The molecule has 3 rings (SSSR count). The van der Waals surface area contributed by atoms with Crippen LogP contribution in [-0.2, 0) is 14.3 Å². The zero-order chi connectivity index (χ0) is 24.3. The second-order valence-electron chi connectivity index (χ2n) is 8.79. The number of hydrogen-bond donors (Lipinski definition) is 0. The van der Waals surface area contributed by atoms with Gasteiger partial charge in [-0.2, -0.15) is 4.98 Å². The van der Waals surface area contributed by atoms with Gasteiger partial charge in [0.05, 0.1) is 23.6 Å². The first kappa shape index (κ1) is 24.7. The standard InChI is InChI=1S/C21H29N5O6S/c1-6-31-16(27)10-9-15-17(26(29)30)18(23-19(22-15)33-5)24-11-13-7-8-14(12-24)25(13)20(28)32-21(2,3)4/h9-10,13-14H,6-8,11-12H2,1-5H3/b10-9+/t13-,14+. The largest absolute Gasteiger partial charge is 0.463 e. The fourth-order valence-electron chi connectivity index (χ4n) is 4.07. The summed E-state index contributed by atoms with van der Waals surface area (Å²) in [6.45, 7) is 8.12. The van der Waals surface area contributed by atoms with Crippen molar-refractivity contribution in [3.8, 4) is 0 Å². The van der Waals surface area contributed by atoms with E-state index in [-0.39, 0.29) is 42.0 Å². The Hall–Kier alpha value is -2.89. The first-order valence-electron chi connectivity index (χ1n) is 10.8. The van der Waals surface area contributed by atoms with Gasteiger partial charge < -0.3 is 14.4 Å². The van der Waals surface area contributed by atoms with Crippen molar-refractivity contribution < 1.29 is 24.0 Å². The van der Waals surface area contributed by atoms with Crippen LogP contribution in [0.15, 0.2) is 11.2 Å². The summed E-state index contributed by atoms with van der Waals surface area (Å²) in [4.78, 5) is 48.2. The molecule has 1 aromatic heterocycles. The van der Waals surface area contributed by atoms with Gasteiger partial charge in [-0.05, 0) is 52.9 Å². The molecule has 0 aromatic carbocycles. The molecular formula is C21H29N5O6S. The summed E-state index contributed by atoms with van der Waals surface area (Å²) in [5, 5.41) is 12.4. The topological polar surface area (TPSA) is 128 Å². The Bertz CT molecular complexity index is 949. The molecule has 2 atom stereocenters. The number of anilines is 1. The maximum Gasteiger partial charge on any atom is 0.410 e. The number of hydrogen-bond acceptors (Lipinski definition) is 10. The molecule has 2 saturated heterocycles. The molecule has 12 heteroatoms. The minimum atomic E-state index is -0.610. The van der Waals surface area contributed by atoms with Crippen molar-refractivity contribution in [2.45, 2.75) is 63.4 Å². The van der Waals surface area contributed by atoms with Crippen molar-refractivity contribution >= 4 is 41.4 Å². The number of thioether (sulfide) groups is 1. The lowest BCUT2D eigenvalue weighted by atomic mass is 10.1. The van der Waals surface area contributed by atoms with E-state index < -0.39 is 16.5 Å². The zero-order valence-electron chi connectivity index (χ0n) is 19.4. The van der Waals surface area contributed by atoms with Crippen LogP contribution in [0.1, 0.15) is 46.2 Å². The van der Waals surface area contributed by atoms with E-state index in [9.17, 15) is 19.7 Å². The fraction of sp³-hybridized carbons (Fsp3) is 0.619. The van der Waals surface area contributed by atoms with Crippen LogP contribution in [0.4, 0.5) is 16.3 Å². The molecular weight excluding hydrogens is 450 g/mol. The molecule has 2 aliphatic heterocycles. The molecule has 0 saturated carbocycles. The van der Waals surface area contributed by atoms with Gasteiger partial charge >= 0.3 is 17.7 Å². The van der Waals surface area contributed by atoms with Crippen LogP contribution < -0.4 is 4.90 Å². The number of carbonyl (C=O) groups is 2. The highest BCUT2D eigenvalue weighted by Gasteiger charge is 2.46. The van der Waals surface area contributed by atoms with Crippen LogP contribution in [0.25, 0.3) is 6.08 Å². The van der Waals surface area contributed by atoms with Gasteiger partial charge in [0.2, 0.25) is 5.82 Å². The smallest absolute Gasteiger partial charge is 0.410 e. The minimum Gasteiger partial charge on any atom is -0.463 e. The van der Waals surface area contributed by atoms with E-state index in [1.165, 1.54) is 17.8 Å². The number of carbonyl (C=O) groups excluding carboxylic acids is 2. The Morgan fingerprint density at radius 3 is 2.39 bits per heavy atom. The fourth-order valence-corrected chi connectivity index (χ4v) is 4.44. The van der Waals surface area contributed by atoms with Crippen LogP contribution in [0, 0.1) is 10.1 Å². The highest BCUT2D eigenvalue weighted by Crippen LogP contribution is 2.38. The van der Waals surface area contributed by atoms with Crippen molar-refractivity contribution in [3.05, 3.63) is 21.9 Å². The van der Waals surface area contributed by atoms with Crippen LogP contribution in [0.5, 0.6) is 0 Å². The maximum absolute atomic E-state index is 12.7. The Balaban J connectivity index is 1.93. The number of rotatable bonds is 6. The van der Waals surface area contributed by atoms with E-state index in [2.05, 4.69) is 9.97 Å². The number of amides is 1. The molecule has 0 radical (unpaired) electrons. The quantitative estimate of drug-likeness (QED) is 0.150. The third kappa shape index (κ3) is 5.73. The summed E-state index contributed by atoms with van der Waals surface area (Å²) in [6.07, 6.45) is 5.38. The van der Waals surface area contributed by atoms with Gasteiger partial charge in [0, 0.05) is 19.2 Å². The number of nitro groups is 1. The van der Waals surface area contributed by atoms with Crippen LogP contribution in [0.2, 0.25) is 0 Å². The van der Waals surface area contributed by atoms with Gasteiger partial charge in [-0.15, -0.1) is 0 Å². The second kappa shape index (κ2) is 9.94. The number of esters is 1. The number of aromatic nitrogens is 2. The summed E-state index contributed by atoms with van der Waals surface area (Å²) < 4.78 is 10.4. The molecule has 2 fully saturated rings. The highest BCUT2D eigenvalue weighted by molar-refractivity contribution is 7.98. The van der Waals surface area contributed by atoms with Crippen molar-refractivity contribution in [1.82, 2.24) is 14.9 Å². The third-order valence-electron chi connectivity index (χ3n) is 5.29. The molecule has 0 spiro atoms. The predicted molar refractivity (Wildman–Crippen MR) is 123 cm³/mol. The van der Waals surface area contributed by atoms with Gasteiger partial charge in [-0.25, -0.2) is 14.6 Å². The summed E-state index contributed by atoms with van der Waals surface area (Å²) in [5.74, 6) is -0.426. The first-order chi connectivity index (χ1) is 15.5. The van der Waals surface area contributed by atoms with Crippen molar-refractivity contribution in [2.24, 2.45) is 0 Å². The summed E-state index contributed by atoms with van der Waals surface area (Å²) in [6, 6.07) is -0.270. The zero-order valence-corrected chi connectivity index (χ0v) is 20.3. The van der Waals surface area contributed by atoms with E-state index in [1.54, 1.807) is 18.1 Å². The molecule has 180 valence electrons. The minimum absolute atomic E-state index is 0.0318. The van der Waals surface area contributed by atoms with Gasteiger partial charge in [0.1, 0.15) is 11.3 Å². The average molecular weight is 480 g/mol. The third-order valence-corrected chi connectivity index (χ3v) is 5.83. The van der Waals surface area contributed by atoms with E-state index in [1.807, 2.05) is 25.7 Å². The van der Waals surface area contributed by atoms with Crippen LogP contribution in [0.3, 0.4) is 0 Å². The lowest BCUT2D eigenvalue weighted by molar-refractivity contribution is -0.384. The molecule has 2 bridgehead atoms. The van der Waals surface area contributed by atoms with E-state index in [0.717, 1.165) is 18.9 Å². The van der Waals surface area contributed by atoms with Gasteiger partial charge in [0.25, 0.3) is 0 Å². The summed E-state index contributed by atoms with van der Waals surface area (Å²) in [5.41, 5.74) is -0.852. The summed E-state index contributed by atoms with van der Waals surface area (Å²) >= 11 is 1.25. The van der Waals surface area contributed by atoms with Crippen molar-refractivity contribution in [2.75, 3.05) is 30.9 Å². The molecule has 3 heterocycles. The molecule has 11 nitrogen and oxygen atoms in total. The number of nitrogens with zero attached hydrogens (tertiary/aromatic N) is 5. The second-order valence-corrected chi connectivity index (χ2v) is 9.56. The van der Waals surface area contributed by atoms with E-state index in [4.69, 9.17) is 9.47 Å². The number of ether oxygens (including phenoxy) is 2. The molecule has 2 aliphatic rings.